The summed E-state index contributed by atoms with van der Waals surface area (Å²) in [7, 11) is 0. The molecule has 1 aromatic carbocycles. The molecule has 0 spiro atoms. The van der Waals surface area contributed by atoms with Crippen molar-refractivity contribution >= 4 is 0 Å². The van der Waals surface area contributed by atoms with Gasteiger partial charge in [0.1, 0.15) is 5.60 Å². The van der Waals surface area contributed by atoms with Crippen LogP contribution < -0.4 is 0 Å². The van der Waals surface area contributed by atoms with Crippen molar-refractivity contribution in [1.29, 1.82) is 0 Å². The van der Waals surface area contributed by atoms with Crippen LogP contribution in [0, 0.1) is 23.2 Å². The van der Waals surface area contributed by atoms with Crippen molar-refractivity contribution in [2.75, 3.05) is 6.61 Å². The maximum atomic E-state index is 10.5. The largest absolute Gasteiger partial charge is 0.391 e. The summed E-state index contributed by atoms with van der Waals surface area (Å²) in [6, 6.07) is 9.96. The van der Waals surface area contributed by atoms with Gasteiger partial charge in [-0.1, -0.05) is 56.0 Å². The van der Waals surface area contributed by atoms with Gasteiger partial charge in [-0.3, -0.25) is 0 Å². The van der Waals surface area contributed by atoms with Gasteiger partial charge in [-0.05, 0) is 26.3 Å². The summed E-state index contributed by atoms with van der Waals surface area (Å²) < 4.78 is 5.74. The molecule has 0 heterocycles. The van der Waals surface area contributed by atoms with Gasteiger partial charge in [0.2, 0.25) is 0 Å². The Kier molecular flexibility index (Phi) is 6.62. The van der Waals surface area contributed by atoms with E-state index in [0.29, 0.717) is 13.2 Å². The zero-order chi connectivity index (χ0) is 16.8. The maximum absolute atomic E-state index is 10.5. The third-order valence-electron chi connectivity index (χ3n) is 3.47. The van der Waals surface area contributed by atoms with Crippen LogP contribution >= 0.6 is 0 Å². The molecular formula is C19H28O3. The first kappa shape index (κ1) is 18.7. The zero-order valence-corrected chi connectivity index (χ0v) is 14.3. The molecule has 2 N–H and O–H groups in total. The van der Waals surface area contributed by atoms with E-state index in [1.54, 1.807) is 13.8 Å². The highest BCUT2D eigenvalue weighted by Crippen LogP contribution is 2.27. The summed E-state index contributed by atoms with van der Waals surface area (Å²) >= 11 is 0. The summed E-state index contributed by atoms with van der Waals surface area (Å²) in [5.41, 5.74) is -0.340. The van der Waals surface area contributed by atoms with Gasteiger partial charge in [0.15, 0.2) is 0 Å². The van der Waals surface area contributed by atoms with Crippen molar-refractivity contribution in [3.05, 3.63) is 35.9 Å². The molecule has 0 fully saturated rings. The highest BCUT2D eigenvalue weighted by atomic mass is 16.5. The first-order valence-corrected chi connectivity index (χ1v) is 7.66. The molecule has 0 aliphatic carbocycles. The first-order valence-electron chi connectivity index (χ1n) is 7.66. The molecular weight excluding hydrogens is 276 g/mol. The summed E-state index contributed by atoms with van der Waals surface area (Å²) in [5, 5.41) is 20.1. The molecule has 0 radical (unpaired) electrons. The van der Waals surface area contributed by atoms with Crippen molar-refractivity contribution in [2.45, 2.75) is 52.9 Å². The second-order valence-corrected chi connectivity index (χ2v) is 7.03. The fourth-order valence-electron chi connectivity index (χ4n) is 2.14. The molecule has 1 rings (SSSR count). The molecule has 1 aromatic rings. The Morgan fingerprint density at radius 2 is 1.73 bits per heavy atom. The molecule has 0 bridgehead atoms. The molecule has 2 atom stereocenters. The quantitative estimate of drug-likeness (QED) is 0.794. The molecule has 3 heteroatoms. The average Bonchev–Trinajstić information content (AvgIpc) is 2.44. The second kappa shape index (κ2) is 7.78. The van der Waals surface area contributed by atoms with E-state index >= 15 is 0 Å². The molecule has 2 unspecified atom stereocenters. The van der Waals surface area contributed by atoms with Crippen LogP contribution in [0.4, 0.5) is 0 Å². The third-order valence-corrected chi connectivity index (χ3v) is 3.47. The number of ether oxygens (including phenoxy) is 1. The number of aliphatic hydroxyl groups excluding tert-OH is 1. The summed E-state index contributed by atoms with van der Waals surface area (Å²) in [6.45, 7) is 10.0. The van der Waals surface area contributed by atoms with Crippen molar-refractivity contribution in [3.63, 3.8) is 0 Å². The third kappa shape index (κ3) is 6.62. The Labute approximate surface area is 134 Å². The fraction of sp³-hybridized carbons (Fsp3) is 0.579. The van der Waals surface area contributed by atoms with E-state index in [4.69, 9.17) is 4.74 Å². The molecule has 3 nitrogen and oxygen atoms in total. The van der Waals surface area contributed by atoms with Gasteiger partial charge in [-0.2, -0.15) is 0 Å². The Hall–Kier alpha value is -1.34. The molecule has 0 saturated carbocycles. The lowest BCUT2D eigenvalue weighted by Gasteiger charge is -2.32. The van der Waals surface area contributed by atoms with E-state index in [-0.39, 0.29) is 5.92 Å². The molecule has 122 valence electrons. The molecule has 0 amide bonds. The van der Waals surface area contributed by atoms with Crippen LogP contribution in [0.5, 0.6) is 0 Å². The van der Waals surface area contributed by atoms with E-state index in [2.05, 4.69) is 11.8 Å². The van der Waals surface area contributed by atoms with Gasteiger partial charge in [-0.15, -0.1) is 0 Å². The predicted molar refractivity (Wildman–Crippen MR) is 89.1 cm³/mol. The zero-order valence-electron chi connectivity index (χ0n) is 14.3. The van der Waals surface area contributed by atoms with Crippen LogP contribution in [0.1, 0.15) is 40.2 Å². The van der Waals surface area contributed by atoms with E-state index in [0.717, 1.165) is 5.56 Å². The Morgan fingerprint density at radius 1 is 1.14 bits per heavy atom. The molecule has 0 saturated heterocycles. The molecule has 0 aromatic heterocycles. The minimum absolute atomic E-state index is 0.234. The Morgan fingerprint density at radius 3 is 2.27 bits per heavy atom. The van der Waals surface area contributed by atoms with E-state index < -0.39 is 17.1 Å². The van der Waals surface area contributed by atoms with Gasteiger partial charge in [-0.25, -0.2) is 0 Å². The average molecular weight is 304 g/mol. The molecule has 22 heavy (non-hydrogen) atoms. The first-order chi connectivity index (χ1) is 10.1. The number of rotatable bonds is 6. The van der Waals surface area contributed by atoms with Crippen molar-refractivity contribution in [3.8, 4) is 11.8 Å². The minimum atomic E-state index is -1.04. The van der Waals surface area contributed by atoms with Gasteiger partial charge in [0.25, 0.3) is 0 Å². The molecule has 0 aliphatic heterocycles. The second-order valence-electron chi connectivity index (χ2n) is 7.03. The lowest BCUT2D eigenvalue weighted by atomic mass is 9.81. The van der Waals surface area contributed by atoms with Crippen LogP contribution in [0.25, 0.3) is 0 Å². The van der Waals surface area contributed by atoms with Crippen LogP contribution in [-0.2, 0) is 11.3 Å². The van der Waals surface area contributed by atoms with Crippen LogP contribution in [0.2, 0.25) is 0 Å². The van der Waals surface area contributed by atoms with Gasteiger partial charge < -0.3 is 14.9 Å². The summed E-state index contributed by atoms with van der Waals surface area (Å²) in [6.07, 6.45) is -0.627. The van der Waals surface area contributed by atoms with Gasteiger partial charge in [0, 0.05) is 11.3 Å². The number of aliphatic hydroxyl groups is 2. The number of hydrogen-bond donors (Lipinski definition) is 2. The lowest BCUT2D eigenvalue weighted by molar-refractivity contribution is -0.0425. The van der Waals surface area contributed by atoms with Crippen LogP contribution in [-0.4, -0.2) is 28.5 Å². The van der Waals surface area contributed by atoms with Crippen LogP contribution in [0.15, 0.2) is 30.3 Å². The predicted octanol–water partition coefficient (Wildman–Crippen LogP) is 3.00. The van der Waals surface area contributed by atoms with Crippen molar-refractivity contribution in [1.82, 2.24) is 0 Å². The SMILES string of the molecule is CC(C#CC(C)(C)O)C(O)C(C)(C)COCc1ccccc1. The van der Waals surface area contributed by atoms with E-state index in [1.165, 1.54) is 0 Å². The fourth-order valence-corrected chi connectivity index (χ4v) is 2.14. The van der Waals surface area contributed by atoms with E-state index in [1.807, 2.05) is 51.1 Å². The number of hydrogen-bond acceptors (Lipinski definition) is 3. The summed E-state index contributed by atoms with van der Waals surface area (Å²) in [4.78, 5) is 0. The van der Waals surface area contributed by atoms with Crippen molar-refractivity contribution < 1.29 is 14.9 Å². The van der Waals surface area contributed by atoms with E-state index in [9.17, 15) is 10.2 Å². The maximum Gasteiger partial charge on any atom is 0.119 e. The lowest BCUT2D eigenvalue weighted by Crippen LogP contribution is -2.38. The van der Waals surface area contributed by atoms with Crippen molar-refractivity contribution in [2.24, 2.45) is 11.3 Å². The Bertz CT molecular complexity index is 503. The highest BCUT2D eigenvalue weighted by molar-refractivity contribution is 5.14. The topological polar surface area (TPSA) is 49.7 Å². The smallest absolute Gasteiger partial charge is 0.119 e. The highest BCUT2D eigenvalue weighted by Gasteiger charge is 2.32. The molecule has 0 aliphatic rings. The van der Waals surface area contributed by atoms with Crippen LogP contribution in [0.3, 0.4) is 0 Å². The number of benzene rings is 1. The monoisotopic (exact) mass is 304 g/mol. The summed E-state index contributed by atoms with van der Waals surface area (Å²) in [5.74, 6) is 5.46. The van der Waals surface area contributed by atoms with Gasteiger partial charge >= 0.3 is 0 Å². The normalized spacial score (nSPS) is 14.9. The standard InChI is InChI=1S/C19H28O3/c1-15(11-12-19(4,5)21)17(20)18(2,3)14-22-13-16-9-7-6-8-10-16/h6-10,15,17,20-21H,13-14H2,1-5H3. The van der Waals surface area contributed by atoms with Gasteiger partial charge in [0.05, 0.1) is 19.3 Å². The minimum Gasteiger partial charge on any atom is -0.391 e. The Balaban J connectivity index is 2.54.